The summed E-state index contributed by atoms with van der Waals surface area (Å²) in [6.07, 6.45) is 0.180. The van der Waals surface area contributed by atoms with E-state index in [-0.39, 0.29) is 6.42 Å². The number of anilines is 1. The molecule has 0 saturated heterocycles. The molecule has 0 aliphatic carbocycles. The van der Waals surface area contributed by atoms with Crippen LogP contribution >= 0.6 is 11.3 Å². The Balaban J connectivity index is 2.86. The summed E-state index contributed by atoms with van der Waals surface area (Å²) in [5, 5.41) is 3.66. The minimum absolute atomic E-state index is 0.180. The fraction of sp³-hybridized carbons (Fsp3) is 0.545. The highest BCUT2D eigenvalue weighted by Gasteiger charge is 2.23. The van der Waals surface area contributed by atoms with Crippen molar-refractivity contribution in [2.24, 2.45) is 5.73 Å². The van der Waals surface area contributed by atoms with Crippen molar-refractivity contribution in [3.63, 3.8) is 0 Å². The zero-order chi connectivity index (χ0) is 13.9. The van der Waals surface area contributed by atoms with Crippen LogP contribution in [0.25, 0.3) is 0 Å². The van der Waals surface area contributed by atoms with Crippen molar-refractivity contribution >= 4 is 28.3 Å². The van der Waals surface area contributed by atoms with E-state index < -0.39 is 17.4 Å². The van der Waals surface area contributed by atoms with Crippen LogP contribution in [-0.4, -0.2) is 29.5 Å². The number of methoxy groups -OCH3 is 1. The molecule has 100 valence electrons. The van der Waals surface area contributed by atoms with E-state index >= 15 is 0 Å². The average molecular weight is 271 g/mol. The summed E-state index contributed by atoms with van der Waals surface area (Å²) in [6.45, 7) is 5.47. The highest BCUT2D eigenvalue weighted by Crippen LogP contribution is 2.26. The molecule has 7 heteroatoms. The Kier molecular flexibility index (Phi) is 4.28. The van der Waals surface area contributed by atoms with Crippen molar-refractivity contribution in [3.8, 4) is 0 Å². The predicted molar refractivity (Wildman–Crippen MR) is 69.7 cm³/mol. The molecule has 0 saturated carbocycles. The van der Waals surface area contributed by atoms with E-state index in [1.54, 1.807) is 6.92 Å². The summed E-state index contributed by atoms with van der Waals surface area (Å²) in [5.74, 6) is -0.863. The number of thiazole rings is 1. The smallest absolute Gasteiger partial charge is 0.357 e. The molecular weight excluding hydrogens is 254 g/mol. The van der Waals surface area contributed by atoms with E-state index in [2.05, 4.69) is 15.0 Å². The van der Waals surface area contributed by atoms with Crippen LogP contribution in [0.15, 0.2) is 0 Å². The number of aryl methyl sites for hydroxylation is 1. The van der Waals surface area contributed by atoms with E-state index in [4.69, 9.17) is 5.73 Å². The van der Waals surface area contributed by atoms with Gasteiger partial charge < -0.3 is 15.8 Å². The fourth-order valence-corrected chi connectivity index (χ4v) is 2.49. The summed E-state index contributed by atoms with van der Waals surface area (Å²) in [7, 11) is 1.31. The van der Waals surface area contributed by atoms with Crippen LogP contribution in [0.3, 0.4) is 0 Å². The van der Waals surface area contributed by atoms with Crippen molar-refractivity contribution in [2.75, 3.05) is 12.4 Å². The van der Waals surface area contributed by atoms with Gasteiger partial charge in [-0.15, -0.1) is 11.3 Å². The molecule has 1 heterocycles. The minimum atomic E-state index is -0.510. The molecule has 0 fully saturated rings. The van der Waals surface area contributed by atoms with Gasteiger partial charge in [-0.25, -0.2) is 9.78 Å². The van der Waals surface area contributed by atoms with E-state index in [1.165, 1.54) is 18.4 Å². The van der Waals surface area contributed by atoms with Gasteiger partial charge in [0.1, 0.15) is 0 Å². The Labute approximate surface area is 110 Å². The predicted octanol–water partition coefficient (Wildman–Crippen LogP) is 1.30. The third-order valence-electron chi connectivity index (χ3n) is 2.24. The molecule has 0 aromatic carbocycles. The van der Waals surface area contributed by atoms with Crippen LogP contribution in [0.1, 0.15) is 35.6 Å². The van der Waals surface area contributed by atoms with Crippen LogP contribution in [0, 0.1) is 6.92 Å². The Morgan fingerprint density at radius 2 is 2.11 bits per heavy atom. The molecule has 18 heavy (non-hydrogen) atoms. The lowest BCUT2D eigenvalue weighted by Gasteiger charge is -2.24. The van der Waals surface area contributed by atoms with Gasteiger partial charge >= 0.3 is 5.97 Å². The van der Waals surface area contributed by atoms with E-state index in [0.29, 0.717) is 10.8 Å². The number of hydrogen-bond donors (Lipinski definition) is 2. The van der Waals surface area contributed by atoms with E-state index in [0.717, 1.165) is 4.88 Å². The zero-order valence-electron chi connectivity index (χ0n) is 10.9. The highest BCUT2D eigenvalue weighted by atomic mass is 32.1. The highest BCUT2D eigenvalue weighted by molar-refractivity contribution is 7.15. The van der Waals surface area contributed by atoms with Gasteiger partial charge in [0.25, 0.3) is 0 Å². The summed E-state index contributed by atoms with van der Waals surface area (Å²) in [4.78, 5) is 27.3. The van der Waals surface area contributed by atoms with Gasteiger partial charge in [-0.05, 0) is 20.8 Å². The Hall–Kier alpha value is -1.63. The Bertz CT molecular complexity index is 468. The van der Waals surface area contributed by atoms with Gasteiger partial charge in [0.2, 0.25) is 5.91 Å². The molecule has 0 radical (unpaired) electrons. The lowest BCUT2D eigenvalue weighted by Crippen LogP contribution is -2.35. The summed E-state index contributed by atoms with van der Waals surface area (Å²) < 4.78 is 4.63. The normalized spacial score (nSPS) is 11.1. The number of rotatable bonds is 5. The largest absolute Gasteiger partial charge is 0.464 e. The number of primary amides is 1. The lowest BCUT2D eigenvalue weighted by atomic mass is 10.0. The van der Waals surface area contributed by atoms with Crippen molar-refractivity contribution in [2.45, 2.75) is 32.7 Å². The van der Waals surface area contributed by atoms with E-state index in [9.17, 15) is 9.59 Å². The zero-order valence-corrected chi connectivity index (χ0v) is 11.7. The third kappa shape index (κ3) is 3.69. The first-order valence-corrected chi connectivity index (χ1v) is 6.19. The molecule has 0 spiro atoms. The maximum Gasteiger partial charge on any atom is 0.357 e. The fourth-order valence-electron chi connectivity index (χ4n) is 1.51. The molecule has 0 atom stereocenters. The first-order chi connectivity index (χ1) is 8.25. The third-order valence-corrected chi connectivity index (χ3v) is 3.12. The van der Waals surface area contributed by atoms with Crippen LogP contribution in [0.4, 0.5) is 5.13 Å². The summed E-state index contributed by atoms with van der Waals surface area (Å²) in [5.41, 5.74) is 4.95. The van der Waals surface area contributed by atoms with Gasteiger partial charge in [-0.2, -0.15) is 0 Å². The SMILES string of the molecule is COC(=O)c1nc(NC(C)(C)CC(N)=O)sc1C. The number of amides is 1. The Morgan fingerprint density at radius 3 is 2.61 bits per heavy atom. The first kappa shape index (κ1) is 14.4. The van der Waals surface area contributed by atoms with Crippen molar-refractivity contribution in [1.29, 1.82) is 0 Å². The van der Waals surface area contributed by atoms with Crippen molar-refractivity contribution in [3.05, 3.63) is 10.6 Å². The Morgan fingerprint density at radius 1 is 1.50 bits per heavy atom. The number of nitrogens with zero attached hydrogens (tertiary/aromatic N) is 1. The van der Waals surface area contributed by atoms with Crippen molar-refractivity contribution < 1.29 is 14.3 Å². The number of ether oxygens (including phenoxy) is 1. The number of esters is 1. The second kappa shape index (κ2) is 5.34. The molecule has 1 rings (SSSR count). The van der Waals surface area contributed by atoms with Gasteiger partial charge in [-0.3, -0.25) is 4.79 Å². The number of carbonyl (C=O) groups is 2. The summed E-state index contributed by atoms with van der Waals surface area (Å²) >= 11 is 1.34. The topological polar surface area (TPSA) is 94.3 Å². The number of nitrogens with one attached hydrogen (secondary N) is 1. The first-order valence-electron chi connectivity index (χ1n) is 5.37. The average Bonchev–Trinajstić information content (AvgIpc) is 2.55. The molecule has 0 unspecified atom stereocenters. The van der Waals surface area contributed by atoms with Crippen LogP contribution in [-0.2, 0) is 9.53 Å². The number of hydrogen-bond acceptors (Lipinski definition) is 6. The van der Waals surface area contributed by atoms with Gasteiger partial charge in [0.15, 0.2) is 10.8 Å². The monoisotopic (exact) mass is 271 g/mol. The lowest BCUT2D eigenvalue weighted by molar-refractivity contribution is -0.118. The van der Waals surface area contributed by atoms with Crippen LogP contribution in [0.5, 0.6) is 0 Å². The number of aromatic nitrogens is 1. The van der Waals surface area contributed by atoms with Crippen molar-refractivity contribution in [1.82, 2.24) is 4.98 Å². The van der Waals surface area contributed by atoms with Gasteiger partial charge in [0, 0.05) is 16.8 Å². The van der Waals surface area contributed by atoms with Gasteiger partial charge in [-0.1, -0.05) is 0 Å². The standard InChI is InChI=1S/C11H17N3O3S/c1-6-8(9(16)17-4)13-10(18-6)14-11(2,3)5-7(12)15/h5H2,1-4H3,(H2,12,15)(H,13,14). The van der Waals surface area contributed by atoms with E-state index in [1.807, 2.05) is 13.8 Å². The molecular formula is C11H17N3O3S. The molecule has 1 amide bonds. The maximum atomic E-state index is 11.4. The molecule has 0 bridgehead atoms. The summed E-state index contributed by atoms with van der Waals surface area (Å²) in [6, 6.07) is 0. The second-order valence-electron chi connectivity index (χ2n) is 4.57. The van der Waals surface area contributed by atoms with Crippen LogP contribution in [0.2, 0.25) is 0 Å². The van der Waals surface area contributed by atoms with Gasteiger partial charge in [0.05, 0.1) is 7.11 Å². The number of nitrogens with two attached hydrogens (primary N) is 1. The molecule has 0 aliphatic rings. The number of carbonyl (C=O) groups excluding carboxylic acids is 2. The quantitative estimate of drug-likeness (QED) is 0.787. The molecule has 0 aliphatic heterocycles. The second-order valence-corrected chi connectivity index (χ2v) is 5.77. The molecule has 3 N–H and O–H groups in total. The molecule has 6 nitrogen and oxygen atoms in total. The molecule has 1 aromatic rings. The maximum absolute atomic E-state index is 11.4. The minimum Gasteiger partial charge on any atom is -0.464 e. The van der Waals surface area contributed by atoms with Crippen LogP contribution < -0.4 is 11.1 Å². The molecule has 1 aromatic heterocycles.